The Morgan fingerprint density at radius 1 is 1.25 bits per heavy atom. The van der Waals surface area contributed by atoms with E-state index in [-0.39, 0.29) is 0 Å². The average molecular weight is 331 g/mol. The Balaban J connectivity index is 2.00. The number of para-hydroxylation sites is 2. The quantitative estimate of drug-likeness (QED) is 0.713. The van der Waals surface area contributed by atoms with Crippen molar-refractivity contribution in [1.29, 1.82) is 0 Å². The number of benzene rings is 1. The van der Waals surface area contributed by atoms with Crippen LogP contribution in [0.1, 0.15) is 25.3 Å². The van der Waals surface area contributed by atoms with Gasteiger partial charge in [0.15, 0.2) is 0 Å². The highest BCUT2D eigenvalue weighted by atomic mass is 79.9. The van der Waals surface area contributed by atoms with E-state index in [1.54, 1.807) is 0 Å². The second kappa shape index (κ2) is 4.45. The van der Waals surface area contributed by atoms with Gasteiger partial charge in [-0.25, -0.2) is 4.98 Å². The molecule has 0 amide bonds. The van der Waals surface area contributed by atoms with E-state index < -0.39 is 0 Å². The molecule has 0 spiro atoms. The SMILES string of the molecule is Cn1cc(-c2nc3ccccc3n2C2CCC2)c(Br)n1. The van der Waals surface area contributed by atoms with Gasteiger partial charge in [0.2, 0.25) is 0 Å². The van der Waals surface area contributed by atoms with Gasteiger partial charge in [-0.1, -0.05) is 12.1 Å². The summed E-state index contributed by atoms with van der Waals surface area (Å²) in [7, 11) is 1.94. The normalized spacial score (nSPS) is 15.7. The van der Waals surface area contributed by atoms with Crippen molar-refractivity contribution in [3.63, 3.8) is 0 Å². The van der Waals surface area contributed by atoms with Crippen LogP contribution in [0.3, 0.4) is 0 Å². The van der Waals surface area contributed by atoms with Crippen LogP contribution in [0, 0.1) is 0 Å². The van der Waals surface area contributed by atoms with Gasteiger partial charge in [0.1, 0.15) is 10.4 Å². The highest BCUT2D eigenvalue weighted by molar-refractivity contribution is 9.10. The average Bonchev–Trinajstić information content (AvgIpc) is 2.89. The number of halogens is 1. The Hall–Kier alpha value is -1.62. The van der Waals surface area contributed by atoms with Crippen LogP contribution in [-0.4, -0.2) is 19.3 Å². The monoisotopic (exact) mass is 330 g/mol. The van der Waals surface area contributed by atoms with Crippen LogP contribution in [0.25, 0.3) is 22.4 Å². The highest BCUT2D eigenvalue weighted by Gasteiger charge is 2.26. The van der Waals surface area contributed by atoms with Gasteiger partial charge in [0.25, 0.3) is 0 Å². The molecule has 4 rings (SSSR count). The zero-order valence-electron chi connectivity index (χ0n) is 11.3. The summed E-state index contributed by atoms with van der Waals surface area (Å²) in [6.07, 6.45) is 5.82. The zero-order chi connectivity index (χ0) is 13.7. The summed E-state index contributed by atoms with van der Waals surface area (Å²) in [6.45, 7) is 0. The zero-order valence-corrected chi connectivity index (χ0v) is 12.8. The third-order valence-corrected chi connectivity index (χ3v) is 4.65. The van der Waals surface area contributed by atoms with Crippen LogP contribution in [0.5, 0.6) is 0 Å². The van der Waals surface area contributed by atoms with Gasteiger partial charge in [-0.3, -0.25) is 4.68 Å². The number of imidazole rings is 1. The fraction of sp³-hybridized carbons (Fsp3) is 0.333. The summed E-state index contributed by atoms with van der Waals surface area (Å²) in [5.74, 6) is 1.02. The van der Waals surface area contributed by atoms with E-state index in [9.17, 15) is 0 Å². The Kier molecular flexibility index (Phi) is 2.70. The van der Waals surface area contributed by atoms with E-state index >= 15 is 0 Å². The summed E-state index contributed by atoms with van der Waals surface area (Å²) in [5, 5.41) is 4.38. The maximum Gasteiger partial charge on any atom is 0.145 e. The minimum atomic E-state index is 0.574. The summed E-state index contributed by atoms with van der Waals surface area (Å²) in [5.41, 5.74) is 3.35. The van der Waals surface area contributed by atoms with Crippen molar-refractivity contribution < 1.29 is 0 Å². The molecule has 1 aliphatic rings. The molecule has 1 fully saturated rings. The molecule has 0 atom stereocenters. The van der Waals surface area contributed by atoms with Crippen LogP contribution in [0.2, 0.25) is 0 Å². The number of hydrogen-bond donors (Lipinski definition) is 0. The van der Waals surface area contributed by atoms with E-state index in [0.717, 1.165) is 21.5 Å². The van der Waals surface area contributed by atoms with Gasteiger partial charge in [0, 0.05) is 19.3 Å². The lowest BCUT2D eigenvalue weighted by Crippen LogP contribution is -2.17. The Morgan fingerprint density at radius 2 is 2.05 bits per heavy atom. The maximum absolute atomic E-state index is 4.84. The molecular formula is C15H15BrN4. The van der Waals surface area contributed by atoms with Crippen molar-refractivity contribution in [3.05, 3.63) is 35.1 Å². The maximum atomic E-state index is 4.84. The van der Waals surface area contributed by atoms with E-state index in [4.69, 9.17) is 4.98 Å². The molecule has 4 nitrogen and oxygen atoms in total. The largest absolute Gasteiger partial charge is 0.321 e. The predicted octanol–water partition coefficient (Wildman–Crippen LogP) is 3.92. The number of nitrogens with zero attached hydrogens (tertiary/aromatic N) is 4. The molecule has 20 heavy (non-hydrogen) atoms. The number of aromatic nitrogens is 4. The van der Waals surface area contributed by atoms with Crippen LogP contribution in [-0.2, 0) is 7.05 Å². The van der Waals surface area contributed by atoms with Crippen molar-refractivity contribution in [3.8, 4) is 11.4 Å². The van der Waals surface area contributed by atoms with Crippen molar-refractivity contribution in [2.75, 3.05) is 0 Å². The fourth-order valence-electron chi connectivity index (χ4n) is 2.86. The van der Waals surface area contributed by atoms with Crippen molar-refractivity contribution in [2.45, 2.75) is 25.3 Å². The smallest absolute Gasteiger partial charge is 0.145 e. The van der Waals surface area contributed by atoms with Crippen LogP contribution >= 0.6 is 15.9 Å². The molecule has 1 aromatic carbocycles. The number of hydrogen-bond acceptors (Lipinski definition) is 2. The number of fused-ring (bicyclic) bond motifs is 1. The lowest BCUT2D eigenvalue weighted by atomic mass is 9.92. The van der Waals surface area contributed by atoms with Gasteiger partial charge in [-0.15, -0.1) is 0 Å². The van der Waals surface area contributed by atoms with Crippen molar-refractivity contribution in [1.82, 2.24) is 19.3 Å². The standard InChI is InChI=1S/C15H15BrN4/c1-19-9-11(14(16)18-19)15-17-12-7-2-3-8-13(12)20(15)10-5-4-6-10/h2-3,7-10H,4-6H2,1H3. The first-order valence-electron chi connectivity index (χ1n) is 6.90. The molecule has 1 saturated carbocycles. The Morgan fingerprint density at radius 3 is 2.70 bits per heavy atom. The van der Waals surface area contributed by atoms with E-state index in [2.05, 4.69) is 43.8 Å². The lowest BCUT2D eigenvalue weighted by Gasteiger charge is -2.29. The first kappa shape index (κ1) is 12.1. The van der Waals surface area contributed by atoms with Gasteiger partial charge in [-0.2, -0.15) is 5.10 Å². The minimum Gasteiger partial charge on any atom is -0.321 e. The molecule has 0 bridgehead atoms. The number of rotatable bonds is 2. The van der Waals surface area contributed by atoms with Crippen molar-refractivity contribution >= 4 is 27.0 Å². The summed E-state index contributed by atoms with van der Waals surface area (Å²) >= 11 is 3.55. The molecule has 0 N–H and O–H groups in total. The predicted molar refractivity (Wildman–Crippen MR) is 82.5 cm³/mol. The fourth-order valence-corrected chi connectivity index (χ4v) is 3.39. The third kappa shape index (κ3) is 1.73. The van der Waals surface area contributed by atoms with Gasteiger partial charge >= 0.3 is 0 Å². The minimum absolute atomic E-state index is 0.574. The topological polar surface area (TPSA) is 35.6 Å². The molecule has 2 aromatic heterocycles. The van der Waals surface area contributed by atoms with E-state index in [1.165, 1.54) is 24.8 Å². The molecule has 0 saturated heterocycles. The molecule has 3 aromatic rings. The Labute approximate surface area is 125 Å². The lowest BCUT2D eigenvalue weighted by molar-refractivity contribution is 0.323. The second-order valence-corrected chi connectivity index (χ2v) is 6.14. The van der Waals surface area contributed by atoms with Gasteiger partial charge < -0.3 is 4.57 Å². The highest BCUT2D eigenvalue weighted by Crippen LogP contribution is 2.39. The molecular weight excluding hydrogens is 316 g/mol. The van der Waals surface area contributed by atoms with E-state index in [0.29, 0.717) is 6.04 Å². The first-order chi connectivity index (χ1) is 9.74. The van der Waals surface area contributed by atoms with Crippen LogP contribution in [0.15, 0.2) is 35.1 Å². The third-order valence-electron chi connectivity index (χ3n) is 4.06. The molecule has 102 valence electrons. The number of aryl methyl sites for hydroxylation is 1. The second-order valence-electron chi connectivity index (χ2n) is 5.39. The molecule has 5 heteroatoms. The van der Waals surface area contributed by atoms with Gasteiger partial charge in [0.05, 0.1) is 16.6 Å². The molecule has 0 unspecified atom stereocenters. The summed E-state index contributed by atoms with van der Waals surface area (Å²) in [4.78, 5) is 4.84. The van der Waals surface area contributed by atoms with Crippen molar-refractivity contribution in [2.24, 2.45) is 7.05 Å². The Bertz CT molecular complexity index is 782. The van der Waals surface area contributed by atoms with Gasteiger partial charge in [-0.05, 0) is 47.3 Å². The first-order valence-corrected chi connectivity index (χ1v) is 7.70. The molecule has 0 radical (unpaired) electrons. The molecule has 2 heterocycles. The summed E-state index contributed by atoms with van der Waals surface area (Å²) in [6, 6.07) is 8.95. The molecule has 1 aliphatic carbocycles. The molecule has 0 aliphatic heterocycles. The van der Waals surface area contributed by atoms with Crippen LogP contribution in [0.4, 0.5) is 0 Å². The van der Waals surface area contributed by atoms with E-state index in [1.807, 2.05) is 24.0 Å². The summed E-state index contributed by atoms with van der Waals surface area (Å²) < 4.78 is 5.07. The van der Waals surface area contributed by atoms with Crippen LogP contribution < -0.4 is 0 Å².